The maximum atomic E-state index is 12.6. The molecule has 0 spiro atoms. The molecule has 0 aromatic rings. The van der Waals surface area contributed by atoms with Crippen LogP contribution in [0.15, 0.2) is 0 Å². The fraction of sp³-hybridized carbons (Fsp3) is 0.929. The van der Waals surface area contributed by atoms with Crippen LogP contribution in [0.2, 0.25) is 0 Å². The molecule has 1 aliphatic heterocycles. The van der Waals surface area contributed by atoms with Crippen LogP contribution in [0.25, 0.3) is 0 Å². The van der Waals surface area contributed by atoms with Gasteiger partial charge in [0.25, 0.3) is 0 Å². The van der Waals surface area contributed by atoms with E-state index in [-0.39, 0.29) is 5.41 Å². The number of nitrogens with zero attached hydrogens (tertiary/aromatic N) is 1. The highest BCUT2D eigenvalue weighted by Gasteiger charge is 2.40. The Kier molecular flexibility index (Phi) is 4.08. The SMILES string of the molecule is CCC1(C(=O)N(C)CC2CCC2)CCCNC1. The van der Waals surface area contributed by atoms with Gasteiger partial charge in [-0.1, -0.05) is 13.3 Å². The number of amides is 1. The Morgan fingerprint density at radius 3 is 2.65 bits per heavy atom. The highest BCUT2D eigenvalue weighted by Crippen LogP contribution is 2.33. The van der Waals surface area contributed by atoms with Gasteiger partial charge in [-0.25, -0.2) is 0 Å². The lowest BCUT2D eigenvalue weighted by Crippen LogP contribution is -2.51. The van der Waals surface area contributed by atoms with Gasteiger partial charge in [0.05, 0.1) is 5.41 Å². The molecule has 2 rings (SSSR count). The molecule has 1 saturated carbocycles. The maximum Gasteiger partial charge on any atom is 0.229 e. The van der Waals surface area contributed by atoms with Gasteiger partial charge in [-0.3, -0.25) is 4.79 Å². The molecule has 1 N–H and O–H groups in total. The second-order valence-electron chi connectivity index (χ2n) is 5.90. The molecule has 3 heteroatoms. The molecule has 3 nitrogen and oxygen atoms in total. The fourth-order valence-corrected chi connectivity index (χ4v) is 3.15. The third kappa shape index (κ3) is 2.65. The van der Waals surface area contributed by atoms with E-state index in [4.69, 9.17) is 0 Å². The third-order valence-electron chi connectivity index (χ3n) is 4.71. The summed E-state index contributed by atoms with van der Waals surface area (Å²) in [6, 6.07) is 0. The van der Waals surface area contributed by atoms with Crippen LogP contribution < -0.4 is 5.32 Å². The highest BCUT2D eigenvalue weighted by molar-refractivity contribution is 5.83. The van der Waals surface area contributed by atoms with Crippen molar-refractivity contribution in [1.82, 2.24) is 10.2 Å². The van der Waals surface area contributed by atoms with Crippen LogP contribution in [0.1, 0.15) is 45.4 Å². The minimum absolute atomic E-state index is 0.114. The summed E-state index contributed by atoms with van der Waals surface area (Å²) in [5.41, 5.74) is -0.114. The van der Waals surface area contributed by atoms with E-state index in [2.05, 4.69) is 12.2 Å². The molecule has 0 bridgehead atoms. The van der Waals surface area contributed by atoms with Crippen molar-refractivity contribution in [3.05, 3.63) is 0 Å². The lowest BCUT2D eigenvalue weighted by atomic mass is 9.76. The summed E-state index contributed by atoms with van der Waals surface area (Å²) in [6.07, 6.45) is 7.15. The number of carbonyl (C=O) groups is 1. The van der Waals surface area contributed by atoms with Crippen LogP contribution in [-0.2, 0) is 4.79 Å². The van der Waals surface area contributed by atoms with Gasteiger partial charge < -0.3 is 10.2 Å². The van der Waals surface area contributed by atoms with Crippen LogP contribution in [-0.4, -0.2) is 37.5 Å². The molecule has 1 heterocycles. The van der Waals surface area contributed by atoms with E-state index in [9.17, 15) is 4.79 Å². The molecule has 1 atom stereocenters. The summed E-state index contributed by atoms with van der Waals surface area (Å²) >= 11 is 0. The third-order valence-corrected chi connectivity index (χ3v) is 4.71. The van der Waals surface area contributed by atoms with Crippen LogP contribution in [0.5, 0.6) is 0 Å². The highest BCUT2D eigenvalue weighted by atomic mass is 16.2. The van der Waals surface area contributed by atoms with Crippen molar-refractivity contribution in [2.24, 2.45) is 11.3 Å². The van der Waals surface area contributed by atoms with Crippen LogP contribution in [0, 0.1) is 11.3 Å². The summed E-state index contributed by atoms with van der Waals surface area (Å²) < 4.78 is 0. The minimum atomic E-state index is -0.114. The Bertz CT molecular complexity index is 267. The fourth-order valence-electron chi connectivity index (χ4n) is 3.15. The molecule has 2 aliphatic rings. The van der Waals surface area contributed by atoms with Crippen molar-refractivity contribution in [2.45, 2.75) is 45.4 Å². The van der Waals surface area contributed by atoms with Gasteiger partial charge in [0.2, 0.25) is 5.91 Å². The molecule has 1 unspecified atom stereocenters. The molecule has 0 aromatic carbocycles. The van der Waals surface area contributed by atoms with Crippen molar-refractivity contribution in [3.8, 4) is 0 Å². The van der Waals surface area contributed by atoms with E-state index in [1.54, 1.807) is 0 Å². The van der Waals surface area contributed by atoms with Gasteiger partial charge in [-0.2, -0.15) is 0 Å². The van der Waals surface area contributed by atoms with Crippen molar-refractivity contribution in [3.63, 3.8) is 0 Å². The van der Waals surface area contributed by atoms with Crippen molar-refractivity contribution < 1.29 is 4.79 Å². The zero-order valence-electron chi connectivity index (χ0n) is 11.3. The Morgan fingerprint density at radius 1 is 1.41 bits per heavy atom. The molecular formula is C14H26N2O. The van der Waals surface area contributed by atoms with Gasteiger partial charge in [0.15, 0.2) is 0 Å². The molecule has 17 heavy (non-hydrogen) atoms. The average Bonchev–Trinajstić information content (AvgIpc) is 2.33. The van der Waals surface area contributed by atoms with Gasteiger partial charge in [0.1, 0.15) is 0 Å². The predicted molar refractivity (Wildman–Crippen MR) is 69.8 cm³/mol. The topological polar surface area (TPSA) is 32.3 Å². The normalized spacial score (nSPS) is 29.8. The van der Waals surface area contributed by atoms with Crippen molar-refractivity contribution in [2.75, 3.05) is 26.7 Å². The second-order valence-corrected chi connectivity index (χ2v) is 5.90. The molecule has 1 saturated heterocycles. The second kappa shape index (κ2) is 5.38. The molecular weight excluding hydrogens is 212 g/mol. The van der Waals surface area contributed by atoms with Crippen LogP contribution in [0.4, 0.5) is 0 Å². The summed E-state index contributed by atoms with van der Waals surface area (Å²) in [4.78, 5) is 14.6. The first kappa shape index (κ1) is 12.9. The van der Waals surface area contributed by atoms with Gasteiger partial charge >= 0.3 is 0 Å². The lowest BCUT2D eigenvalue weighted by molar-refractivity contribution is -0.143. The lowest BCUT2D eigenvalue weighted by Gasteiger charge is -2.40. The standard InChI is InChI=1S/C14H26N2O/c1-3-14(8-5-9-15-11-14)13(17)16(2)10-12-6-4-7-12/h12,15H,3-11H2,1-2H3. The predicted octanol–water partition coefficient (Wildman–Crippen LogP) is 2.02. The van der Waals surface area contributed by atoms with E-state index in [0.29, 0.717) is 5.91 Å². The van der Waals surface area contributed by atoms with E-state index >= 15 is 0 Å². The summed E-state index contributed by atoms with van der Waals surface area (Å²) in [6.45, 7) is 5.07. The number of piperidine rings is 1. The monoisotopic (exact) mass is 238 g/mol. The Labute approximate surface area is 105 Å². The number of rotatable bonds is 4. The van der Waals surface area contributed by atoms with E-state index in [0.717, 1.165) is 44.8 Å². The number of carbonyl (C=O) groups excluding carboxylic acids is 1. The maximum absolute atomic E-state index is 12.6. The first-order valence-corrected chi connectivity index (χ1v) is 7.14. The van der Waals surface area contributed by atoms with E-state index in [1.807, 2.05) is 11.9 Å². The quantitative estimate of drug-likeness (QED) is 0.812. The Hall–Kier alpha value is -0.570. The smallest absolute Gasteiger partial charge is 0.229 e. The first-order chi connectivity index (χ1) is 8.18. The average molecular weight is 238 g/mol. The number of hydrogen-bond donors (Lipinski definition) is 1. The first-order valence-electron chi connectivity index (χ1n) is 7.14. The Balaban J connectivity index is 1.94. The van der Waals surface area contributed by atoms with Crippen molar-refractivity contribution >= 4 is 5.91 Å². The molecule has 0 aromatic heterocycles. The van der Waals surface area contributed by atoms with Crippen LogP contribution >= 0.6 is 0 Å². The number of hydrogen-bond acceptors (Lipinski definition) is 2. The van der Waals surface area contributed by atoms with Crippen molar-refractivity contribution in [1.29, 1.82) is 0 Å². The van der Waals surface area contributed by atoms with Crippen LogP contribution in [0.3, 0.4) is 0 Å². The summed E-state index contributed by atoms with van der Waals surface area (Å²) in [5.74, 6) is 1.15. The van der Waals surface area contributed by atoms with Gasteiger partial charge in [-0.15, -0.1) is 0 Å². The molecule has 1 amide bonds. The molecule has 98 valence electrons. The zero-order valence-corrected chi connectivity index (χ0v) is 11.3. The largest absolute Gasteiger partial charge is 0.345 e. The Morgan fingerprint density at radius 2 is 2.18 bits per heavy atom. The number of nitrogens with one attached hydrogen (secondary N) is 1. The minimum Gasteiger partial charge on any atom is -0.345 e. The zero-order chi connectivity index (χ0) is 12.3. The molecule has 1 aliphatic carbocycles. The molecule has 2 fully saturated rings. The van der Waals surface area contributed by atoms with Gasteiger partial charge in [-0.05, 0) is 44.6 Å². The molecule has 0 radical (unpaired) electrons. The van der Waals surface area contributed by atoms with Gasteiger partial charge in [0, 0.05) is 20.1 Å². The summed E-state index contributed by atoms with van der Waals surface area (Å²) in [7, 11) is 1.99. The van der Waals surface area contributed by atoms with E-state index in [1.165, 1.54) is 19.3 Å². The van der Waals surface area contributed by atoms with E-state index < -0.39 is 0 Å². The summed E-state index contributed by atoms with van der Waals surface area (Å²) in [5, 5.41) is 3.40.